The largest absolute Gasteiger partial charge is 0.481 e. The van der Waals surface area contributed by atoms with E-state index in [2.05, 4.69) is 12.2 Å². The Morgan fingerprint density at radius 3 is 2.47 bits per heavy atom. The molecule has 1 aromatic rings. The molecule has 2 atom stereocenters. The zero-order valence-electron chi connectivity index (χ0n) is 10.1. The van der Waals surface area contributed by atoms with Crippen LogP contribution in [0.5, 0.6) is 0 Å². The maximum Gasteiger partial charge on any atom is 0.303 e. The molecule has 0 spiro atoms. The van der Waals surface area contributed by atoms with Crippen LogP contribution in [0.3, 0.4) is 0 Å². The summed E-state index contributed by atoms with van der Waals surface area (Å²) in [5.74, 6) is -0.752. The van der Waals surface area contributed by atoms with Crippen LogP contribution in [-0.4, -0.2) is 17.1 Å². The molecule has 0 fully saturated rings. The smallest absolute Gasteiger partial charge is 0.303 e. The molecule has 0 aliphatic heterocycles. The van der Waals surface area contributed by atoms with E-state index in [0.29, 0.717) is 6.42 Å². The van der Waals surface area contributed by atoms with E-state index in [4.69, 9.17) is 16.7 Å². The summed E-state index contributed by atoms with van der Waals surface area (Å²) < 4.78 is 0. The molecule has 0 aliphatic carbocycles. The molecule has 0 heterocycles. The van der Waals surface area contributed by atoms with Crippen molar-refractivity contribution in [2.75, 3.05) is 0 Å². The zero-order chi connectivity index (χ0) is 12.8. The molecule has 1 aromatic carbocycles. The minimum atomic E-state index is -0.752. The molecule has 0 saturated heterocycles. The summed E-state index contributed by atoms with van der Waals surface area (Å²) >= 11 is 5.82. The second-order valence-electron chi connectivity index (χ2n) is 4.27. The molecular weight excluding hydrogens is 238 g/mol. The van der Waals surface area contributed by atoms with Gasteiger partial charge in [-0.25, -0.2) is 0 Å². The highest BCUT2D eigenvalue weighted by Gasteiger charge is 2.10. The molecule has 0 aliphatic rings. The van der Waals surface area contributed by atoms with Gasteiger partial charge in [0.25, 0.3) is 0 Å². The number of benzene rings is 1. The highest BCUT2D eigenvalue weighted by Crippen LogP contribution is 2.17. The quantitative estimate of drug-likeness (QED) is 0.820. The van der Waals surface area contributed by atoms with Crippen LogP contribution in [-0.2, 0) is 4.79 Å². The molecule has 0 saturated carbocycles. The zero-order valence-corrected chi connectivity index (χ0v) is 10.9. The van der Waals surface area contributed by atoms with Gasteiger partial charge in [0.2, 0.25) is 0 Å². The maximum atomic E-state index is 10.5. The molecule has 3 nitrogen and oxygen atoms in total. The number of nitrogens with one attached hydrogen (secondary N) is 1. The summed E-state index contributed by atoms with van der Waals surface area (Å²) in [5.41, 5.74) is 1.15. The molecule has 17 heavy (non-hydrogen) atoms. The lowest BCUT2D eigenvalue weighted by Crippen LogP contribution is -2.29. The third-order valence-corrected chi connectivity index (χ3v) is 2.95. The average Bonchev–Trinajstić information content (AvgIpc) is 2.27. The number of rotatable bonds is 6. The van der Waals surface area contributed by atoms with E-state index in [-0.39, 0.29) is 18.5 Å². The van der Waals surface area contributed by atoms with E-state index in [1.807, 2.05) is 31.2 Å². The number of carboxylic acid groups (broad SMARTS) is 1. The van der Waals surface area contributed by atoms with E-state index >= 15 is 0 Å². The molecule has 0 radical (unpaired) electrons. The van der Waals surface area contributed by atoms with E-state index in [0.717, 1.165) is 10.6 Å². The highest BCUT2D eigenvalue weighted by atomic mass is 35.5. The highest BCUT2D eigenvalue weighted by molar-refractivity contribution is 6.30. The Bertz CT molecular complexity index is 364. The minimum absolute atomic E-state index is 0.178. The summed E-state index contributed by atoms with van der Waals surface area (Å²) in [4.78, 5) is 10.5. The van der Waals surface area contributed by atoms with Crippen LogP contribution in [0.25, 0.3) is 0 Å². The van der Waals surface area contributed by atoms with E-state index in [9.17, 15) is 4.79 Å². The van der Waals surface area contributed by atoms with Gasteiger partial charge in [-0.2, -0.15) is 0 Å². The monoisotopic (exact) mass is 255 g/mol. The van der Waals surface area contributed by atoms with Crippen LogP contribution >= 0.6 is 11.6 Å². The predicted molar refractivity (Wildman–Crippen MR) is 69.3 cm³/mol. The molecule has 4 heteroatoms. The number of hydrogen-bond acceptors (Lipinski definition) is 2. The van der Waals surface area contributed by atoms with Crippen LogP contribution in [0.2, 0.25) is 5.02 Å². The summed E-state index contributed by atoms with van der Waals surface area (Å²) in [6, 6.07) is 8.04. The van der Waals surface area contributed by atoms with Gasteiger partial charge in [-0.3, -0.25) is 4.79 Å². The molecule has 1 unspecified atom stereocenters. The van der Waals surface area contributed by atoms with Crippen molar-refractivity contribution in [3.05, 3.63) is 34.9 Å². The fourth-order valence-electron chi connectivity index (χ4n) is 1.70. The topological polar surface area (TPSA) is 49.3 Å². The van der Waals surface area contributed by atoms with Crippen LogP contribution in [0.1, 0.15) is 38.3 Å². The molecule has 2 N–H and O–H groups in total. The Morgan fingerprint density at radius 2 is 1.94 bits per heavy atom. The SMILES string of the molecule is CC(CCC(=O)O)N[C@H](C)c1ccc(Cl)cc1. The van der Waals surface area contributed by atoms with Crippen molar-refractivity contribution in [3.8, 4) is 0 Å². The fourth-order valence-corrected chi connectivity index (χ4v) is 1.82. The van der Waals surface area contributed by atoms with Crippen molar-refractivity contribution in [1.29, 1.82) is 0 Å². The Kier molecular flexibility index (Phi) is 5.45. The first-order valence-electron chi connectivity index (χ1n) is 5.72. The van der Waals surface area contributed by atoms with E-state index < -0.39 is 5.97 Å². The first-order chi connectivity index (χ1) is 7.99. The lowest BCUT2D eigenvalue weighted by Gasteiger charge is -2.19. The van der Waals surface area contributed by atoms with E-state index in [1.165, 1.54) is 0 Å². The number of carbonyl (C=O) groups is 1. The van der Waals surface area contributed by atoms with Gasteiger partial charge in [0.15, 0.2) is 0 Å². The van der Waals surface area contributed by atoms with E-state index in [1.54, 1.807) is 0 Å². The lowest BCUT2D eigenvalue weighted by atomic mass is 10.1. The number of carboxylic acids is 1. The summed E-state index contributed by atoms with van der Waals surface area (Å²) in [6.45, 7) is 4.05. The fraction of sp³-hybridized carbons (Fsp3) is 0.462. The van der Waals surface area contributed by atoms with Gasteiger partial charge in [0.05, 0.1) is 0 Å². The molecule has 0 amide bonds. The number of aliphatic carboxylic acids is 1. The Balaban J connectivity index is 2.45. The normalized spacial score (nSPS) is 14.3. The lowest BCUT2D eigenvalue weighted by molar-refractivity contribution is -0.137. The van der Waals surface area contributed by atoms with Crippen molar-refractivity contribution in [1.82, 2.24) is 5.32 Å². The van der Waals surface area contributed by atoms with Crippen molar-refractivity contribution in [2.45, 2.75) is 38.8 Å². The Hall–Kier alpha value is -1.06. The summed E-state index contributed by atoms with van der Waals surface area (Å²) in [5, 5.41) is 12.7. The maximum absolute atomic E-state index is 10.5. The Morgan fingerprint density at radius 1 is 1.35 bits per heavy atom. The number of halogens is 1. The van der Waals surface area contributed by atoms with Gasteiger partial charge in [-0.15, -0.1) is 0 Å². The second kappa shape index (κ2) is 6.62. The van der Waals surface area contributed by atoms with Crippen molar-refractivity contribution >= 4 is 17.6 Å². The van der Waals surface area contributed by atoms with Crippen LogP contribution < -0.4 is 5.32 Å². The van der Waals surface area contributed by atoms with Gasteiger partial charge in [-0.05, 0) is 38.0 Å². The van der Waals surface area contributed by atoms with Gasteiger partial charge in [0, 0.05) is 23.5 Å². The molecular formula is C13H18ClNO2. The predicted octanol–water partition coefficient (Wildman–Crippen LogP) is 3.24. The third-order valence-electron chi connectivity index (χ3n) is 2.70. The summed E-state index contributed by atoms with van der Waals surface area (Å²) in [6.07, 6.45) is 0.828. The Labute approximate surface area is 107 Å². The molecule has 1 rings (SSSR count). The van der Waals surface area contributed by atoms with Gasteiger partial charge >= 0.3 is 5.97 Å². The van der Waals surface area contributed by atoms with Crippen molar-refractivity contribution in [3.63, 3.8) is 0 Å². The number of hydrogen-bond donors (Lipinski definition) is 2. The van der Waals surface area contributed by atoms with Crippen molar-refractivity contribution < 1.29 is 9.90 Å². The van der Waals surface area contributed by atoms with Crippen molar-refractivity contribution in [2.24, 2.45) is 0 Å². The van der Waals surface area contributed by atoms with Gasteiger partial charge < -0.3 is 10.4 Å². The van der Waals surface area contributed by atoms with Gasteiger partial charge in [-0.1, -0.05) is 23.7 Å². The molecule has 0 aromatic heterocycles. The van der Waals surface area contributed by atoms with Crippen LogP contribution in [0.4, 0.5) is 0 Å². The average molecular weight is 256 g/mol. The first-order valence-corrected chi connectivity index (χ1v) is 6.10. The van der Waals surface area contributed by atoms with Crippen LogP contribution in [0, 0.1) is 0 Å². The van der Waals surface area contributed by atoms with Gasteiger partial charge in [0.1, 0.15) is 0 Å². The summed E-state index contributed by atoms with van der Waals surface area (Å²) in [7, 11) is 0. The third kappa shape index (κ3) is 5.20. The molecule has 0 bridgehead atoms. The standard InChI is InChI=1S/C13H18ClNO2/c1-9(3-8-13(16)17)15-10(2)11-4-6-12(14)7-5-11/h4-7,9-10,15H,3,8H2,1-2H3,(H,16,17)/t9?,10-/m1/s1. The van der Waals surface area contributed by atoms with Crippen LogP contribution in [0.15, 0.2) is 24.3 Å². The second-order valence-corrected chi connectivity index (χ2v) is 4.71. The first kappa shape index (κ1) is 14.0. The molecule has 94 valence electrons. The minimum Gasteiger partial charge on any atom is -0.481 e.